The predicted octanol–water partition coefficient (Wildman–Crippen LogP) is 1.19. The molecule has 0 aromatic heterocycles. The molecule has 3 nitrogen and oxygen atoms in total. The lowest BCUT2D eigenvalue weighted by atomic mass is 10.1. The van der Waals surface area contributed by atoms with Crippen LogP contribution >= 0.6 is 0 Å². The van der Waals surface area contributed by atoms with Gasteiger partial charge in [0.2, 0.25) is 0 Å². The van der Waals surface area contributed by atoms with Crippen molar-refractivity contribution >= 4 is 0 Å². The van der Waals surface area contributed by atoms with Gasteiger partial charge in [0.25, 0.3) is 0 Å². The maximum atomic E-state index is 8.89. The molecular formula is C12H17NO2. The number of hydrogen-bond donors (Lipinski definition) is 2. The molecule has 2 N–H and O–H groups in total. The molecule has 0 saturated heterocycles. The Kier molecular flexibility index (Phi) is 3.36. The van der Waals surface area contributed by atoms with Gasteiger partial charge in [0.1, 0.15) is 0 Å². The van der Waals surface area contributed by atoms with E-state index in [0.29, 0.717) is 0 Å². The molecule has 15 heavy (non-hydrogen) atoms. The molecule has 82 valence electrons. The molecule has 0 bridgehead atoms. The quantitative estimate of drug-likeness (QED) is 0.779. The highest BCUT2D eigenvalue weighted by molar-refractivity contribution is 5.33. The van der Waals surface area contributed by atoms with Crippen LogP contribution in [0.5, 0.6) is 0 Å². The highest BCUT2D eigenvalue weighted by atomic mass is 16.5. The first-order valence-electron chi connectivity index (χ1n) is 5.32. The molecule has 1 aliphatic heterocycles. The molecule has 2 rings (SSSR count). The summed E-state index contributed by atoms with van der Waals surface area (Å²) in [4.78, 5) is 0. The van der Waals surface area contributed by atoms with Crippen LogP contribution in [0.15, 0.2) is 18.2 Å². The van der Waals surface area contributed by atoms with Crippen LogP contribution in [-0.4, -0.2) is 17.8 Å². The van der Waals surface area contributed by atoms with Crippen LogP contribution < -0.4 is 5.32 Å². The van der Waals surface area contributed by atoms with Crippen molar-refractivity contribution in [3.63, 3.8) is 0 Å². The van der Waals surface area contributed by atoms with E-state index >= 15 is 0 Å². The number of benzene rings is 1. The minimum absolute atomic E-state index is 0.148. The van der Waals surface area contributed by atoms with Crippen LogP contribution in [0.4, 0.5) is 0 Å². The maximum Gasteiger partial charge on any atom is 0.0725 e. The summed E-state index contributed by atoms with van der Waals surface area (Å²) >= 11 is 0. The Morgan fingerprint density at radius 2 is 2.20 bits per heavy atom. The Labute approximate surface area is 90.1 Å². The van der Waals surface area contributed by atoms with E-state index in [2.05, 4.69) is 23.5 Å². The average Bonchev–Trinajstić information content (AvgIpc) is 2.72. The Balaban J connectivity index is 1.98. The maximum absolute atomic E-state index is 8.89. The molecule has 0 radical (unpaired) electrons. The molecular weight excluding hydrogens is 190 g/mol. The molecule has 1 heterocycles. The molecule has 0 spiro atoms. The van der Waals surface area contributed by atoms with Gasteiger partial charge in [-0.05, 0) is 23.6 Å². The largest absolute Gasteiger partial charge is 0.395 e. The van der Waals surface area contributed by atoms with Crippen LogP contribution in [0, 0.1) is 0 Å². The average molecular weight is 207 g/mol. The van der Waals surface area contributed by atoms with Gasteiger partial charge in [-0.15, -0.1) is 0 Å². The summed E-state index contributed by atoms with van der Waals surface area (Å²) in [6.45, 7) is 4.42. The lowest BCUT2D eigenvalue weighted by molar-refractivity contribution is 0.134. The topological polar surface area (TPSA) is 41.5 Å². The molecule has 0 saturated carbocycles. The monoisotopic (exact) mass is 207 g/mol. The van der Waals surface area contributed by atoms with E-state index in [1.165, 1.54) is 16.7 Å². The molecule has 1 aromatic carbocycles. The SMILES string of the molecule is CC(CO)NCc1ccc2c(c1)COC2. The lowest BCUT2D eigenvalue weighted by Gasteiger charge is -2.11. The fourth-order valence-corrected chi connectivity index (χ4v) is 1.69. The van der Waals surface area contributed by atoms with E-state index in [1.807, 2.05) is 6.92 Å². The van der Waals surface area contributed by atoms with Gasteiger partial charge in [0, 0.05) is 12.6 Å². The van der Waals surface area contributed by atoms with E-state index in [1.54, 1.807) is 0 Å². The minimum atomic E-state index is 0.148. The summed E-state index contributed by atoms with van der Waals surface area (Å²) in [7, 11) is 0. The normalized spacial score (nSPS) is 16.4. The molecule has 1 atom stereocenters. The summed E-state index contributed by atoms with van der Waals surface area (Å²) in [6, 6.07) is 6.57. The van der Waals surface area contributed by atoms with Crippen LogP contribution in [0.2, 0.25) is 0 Å². The third-order valence-corrected chi connectivity index (χ3v) is 2.71. The third-order valence-electron chi connectivity index (χ3n) is 2.71. The number of aliphatic hydroxyl groups is 1. The van der Waals surface area contributed by atoms with E-state index < -0.39 is 0 Å². The van der Waals surface area contributed by atoms with Gasteiger partial charge in [-0.3, -0.25) is 0 Å². The van der Waals surface area contributed by atoms with Gasteiger partial charge >= 0.3 is 0 Å². The number of nitrogens with one attached hydrogen (secondary N) is 1. The zero-order chi connectivity index (χ0) is 10.7. The number of rotatable bonds is 4. The second kappa shape index (κ2) is 4.75. The van der Waals surface area contributed by atoms with Gasteiger partial charge in [0.15, 0.2) is 0 Å². The fraction of sp³-hybridized carbons (Fsp3) is 0.500. The van der Waals surface area contributed by atoms with Crippen molar-refractivity contribution in [1.82, 2.24) is 5.32 Å². The number of aliphatic hydroxyl groups excluding tert-OH is 1. The van der Waals surface area contributed by atoms with E-state index in [9.17, 15) is 0 Å². The summed E-state index contributed by atoms with van der Waals surface area (Å²) < 4.78 is 5.36. The number of ether oxygens (including phenoxy) is 1. The van der Waals surface area contributed by atoms with Gasteiger partial charge in [0.05, 0.1) is 19.8 Å². The zero-order valence-corrected chi connectivity index (χ0v) is 8.99. The molecule has 3 heteroatoms. The van der Waals surface area contributed by atoms with Gasteiger partial charge in [-0.1, -0.05) is 18.2 Å². The van der Waals surface area contributed by atoms with Crippen LogP contribution in [0.1, 0.15) is 23.6 Å². The molecule has 0 amide bonds. The fourth-order valence-electron chi connectivity index (χ4n) is 1.69. The second-order valence-electron chi connectivity index (χ2n) is 4.06. The Bertz CT molecular complexity index is 338. The number of hydrogen-bond acceptors (Lipinski definition) is 3. The van der Waals surface area contributed by atoms with Gasteiger partial charge in [-0.2, -0.15) is 0 Å². The summed E-state index contributed by atoms with van der Waals surface area (Å²) in [5, 5.41) is 12.1. The zero-order valence-electron chi connectivity index (χ0n) is 8.99. The molecule has 1 unspecified atom stereocenters. The standard InChI is InChI=1S/C12H17NO2/c1-9(6-14)13-5-10-2-3-11-7-15-8-12(11)4-10/h2-4,9,13-14H,5-8H2,1H3. The highest BCUT2D eigenvalue weighted by Crippen LogP contribution is 2.20. The van der Waals surface area contributed by atoms with E-state index in [4.69, 9.17) is 9.84 Å². The Hall–Kier alpha value is -0.900. The smallest absolute Gasteiger partial charge is 0.0725 e. The summed E-state index contributed by atoms with van der Waals surface area (Å²) in [5.74, 6) is 0. The van der Waals surface area contributed by atoms with Crippen molar-refractivity contribution < 1.29 is 9.84 Å². The predicted molar refractivity (Wildman–Crippen MR) is 58.3 cm³/mol. The highest BCUT2D eigenvalue weighted by Gasteiger charge is 2.11. The van der Waals surface area contributed by atoms with Crippen molar-refractivity contribution in [3.8, 4) is 0 Å². The first kappa shape index (κ1) is 10.6. The molecule has 1 aliphatic rings. The number of fused-ring (bicyclic) bond motifs is 1. The third kappa shape index (κ3) is 2.56. The van der Waals surface area contributed by atoms with Crippen molar-refractivity contribution in [2.24, 2.45) is 0 Å². The van der Waals surface area contributed by atoms with Crippen molar-refractivity contribution in [3.05, 3.63) is 34.9 Å². The second-order valence-corrected chi connectivity index (χ2v) is 4.06. The van der Waals surface area contributed by atoms with Crippen LogP contribution in [-0.2, 0) is 24.5 Å². The van der Waals surface area contributed by atoms with Crippen molar-refractivity contribution in [2.75, 3.05) is 6.61 Å². The minimum Gasteiger partial charge on any atom is -0.395 e. The first-order chi connectivity index (χ1) is 7.29. The van der Waals surface area contributed by atoms with Gasteiger partial charge in [-0.25, -0.2) is 0 Å². The lowest BCUT2D eigenvalue weighted by Crippen LogP contribution is -2.28. The van der Waals surface area contributed by atoms with E-state index in [0.717, 1.165) is 19.8 Å². The summed E-state index contributed by atoms with van der Waals surface area (Å²) in [6.07, 6.45) is 0. The molecule has 0 fully saturated rings. The van der Waals surface area contributed by atoms with Crippen LogP contribution in [0.3, 0.4) is 0 Å². The van der Waals surface area contributed by atoms with Crippen molar-refractivity contribution in [2.45, 2.75) is 32.7 Å². The molecule has 1 aromatic rings. The molecule has 0 aliphatic carbocycles. The van der Waals surface area contributed by atoms with Crippen LogP contribution in [0.25, 0.3) is 0 Å². The summed E-state index contributed by atoms with van der Waals surface area (Å²) in [5.41, 5.74) is 3.85. The first-order valence-corrected chi connectivity index (χ1v) is 5.32. The van der Waals surface area contributed by atoms with Crippen molar-refractivity contribution in [1.29, 1.82) is 0 Å². The van der Waals surface area contributed by atoms with Gasteiger partial charge < -0.3 is 15.2 Å². The Morgan fingerprint density at radius 1 is 1.40 bits per heavy atom. The Morgan fingerprint density at radius 3 is 3.00 bits per heavy atom. The van der Waals surface area contributed by atoms with E-state index in [-0.39, 0.29) is 12.6 Å².